The molecule has 0 bridgehead atoms. The van der Waals surface area contributed by atoms with Crippen LogP contribution in [0.3, 0.4) is 0 Å². The second-order valence-corrected chi connectivity index (χ2v) is 5.21. The first-order valence-electron chi connectivity index (χ1n) is 7.13. The number of hydrogen-bond acceptors (Lipinski definition) is 4. The molecule has 0 aliphatic carbocycles. The van der Waals surface area contributed by atoms with Crippen LogP contribution in [0.15, 0.2) is 0 Å². The van der Waals surface area contributed by atoms with Crippen LogP contribution in [0.25, 0.3) is 0 Å². The summed E-state index contributed by atoms with van der Waals surface area (Å²) in [6.07, 6.45) is 2.81. The van der Waals surface area contributed by atoms with E-state index >= 15 is 0 Å². The smallest absolute Gasteiger partial charge is 0.317 e. The minimum absolute atomic E-state index is 0.0739. The van der Waals surface area contributed by atoms with E-state index in [1.807, 2.05) is 0 Å². The third-order valence-electron chi connectivity index (χ3n) is 3.58. The lowest BCUT2D eigenvalue weighted by Gasteiger charge is -2.33. The summed E-state index contributed by atoms with van der Waals surface area (Å²) in [5.41, 5.74) is 0. The lowest BCUT2D eigenvalue weighted by molar-refractivity contribution is -0.141. The Hall–Kier alpha value is -1.34. The zero-order chi connectivity index (χ0) is 14.4. The number of hydrogen-bond donors (Lipinski definition) is 2. The molecule has 2 atom stereocenters. The van der Waals surface area contributed by atoms with E-state index in [-0.39, 0.29) is 18.6 Å². The van der Waals surface area contributed by atoms with Crippen LogP contribution < -0.4 is 5.32 Å². The number of carboxylic acid groups (broad SMARTS) is 1. The van der Waals surface area contributed by atoms with Gasteiger partial charge in [-0.3, -0.25) is 4.79 Å². The molecule has 2 fully saturated rings. The molecule has 2 aliphatic heterocycles. The Morgan fingerprint density at radius 2 is 2.00 bits per heavy atom. The first-order valence-corrected chi connectivity index (χ1v) is 7.13. The summed E-state index contributed by atoms with van der Waals surface area (Å²) < 4.78 is 10.9. The minimum atomic E-state index is -0.909. The first-order chi connectivity index (χ1) is 9.65. The number of carbonyl (C=O) groups is 2. The Morgan fingerprint density at radius 1 is 1.20 bits per heavy atom. The maximum absolute atomic E-state index is 12.0. The second kappa shape index (κ2) is 7.44. The average Bonchev–Trinajstić information content (AvgIpc) is 2.45. The minimum Gasteiger partial charge on any atom is -0.481 e. The summed E-state index contributed by atoms with van der Waals surface area (Å²) in [6, 6.07) is -0.169. The van der Waals surface area contributed by atoms with Crippen molar-refractivity contribution in [2.75, 3.05) is 32.8 Å². The van der Waals surface area contributed by atoms with Gasteiger partial charge in [0, 0.05) is 26.2 Å². The number of morpholine rings is 1. The Balaban J connectivity index is 1.72. The van der Waals surface area contributed by atoms with Crippen LogP contribution in [-0.2, 0) is 14.3 Å². The van der Waals surface area contributed by atoms with Crippen molar-refractivity contribution in [3.8, 4) is 0 Å². The summed E-state index contributed by atoms with van der Waals surface area (Å²) in [5.74, 6) is -0.909. The monoisotopic (exact) mass is 286 g/mol. The van der Waals surface area contributed by atoms with E-state index in [4.69, 9.17) is 14.6 Å². The summed E-state index contributed by atoms with van der Waals surface area (Å²) in [5, 5.41) is 11.6. The molecule has 2 N–H and O–H groups in total. The van der Waals surface area contributed by atoms with Gasteiger partial charge in [-0.1, -0.05) is 0 Å². The molecule has 0 aromatic carbocycles. The largest absolute Gasteiger partial charge is 0.481 e. The predicted octanol–water partition coefficient (Wildman–Crippen LogP) is 0.441. The number of aliphatic carboxylic acids is 1. The molecule has 0 radical (unpaired) electrons. The molecule has 2 aliphatic rings. The number of carbonyl (C=O) groups excluding carboxylic acids is 1. The number of nitrogens with zero attached hydrogens (tertiary/aromatic N) is 1. The summed E-state index contributed by atoms with van der Waals surface area (Å²) in [4.78, 5) is 24.3. The van der Waals surface area contributed by atoms with Crippen molar-refractivity contribution in [1.82, 2.24) is 10.2 Å². The highest BCUT2D eigenvalue weighted by Crippen LogP contribution is 2.12. The van der Waals surface area contributed by atoms with Crippen LogP contribution in [0.1, 0.15) is 25.7 Å². The number of ether oxygens (including phenoxy) is 2. The van der Waals surface area contributed by atoms with Gasteiger partial charge >= 0.3 is 12.0 Å². The maximum Gasteiger partial charge on any atom is 0.317 e. The van der Waals surface area contributed by atoms with Gasteiger partial charge in [-0.25, -0.2) is 4.79 Å². The van der Waals surface area contributed by atoms with Crippen molar-refractivity contribution in [2.45, 2.75) is 37.9 Å². The van der Waals surface area contributed by atoms with Gasteiger partial charge in [0.15, 0.2) is 0 Å². The fourth-order valence-corrected chi connectivity index (χ4v) is 2.50. The highest BCUT2D eigenvalue weighted by Gasteiger charge is 2.26. The van der Waals surface area contributed by atoms with Gasteiger partial charge in [-0.15, -0.1) is 0 Å². The Morgan fingerprint density at radius 3 is 2.70 bits per heavy atom. The van der Waals surface area contributed by atoms with Gasteiger partial charge in [0.05, 0.1) is 25.2 Å². The molecule has 2 heterocycles. The highest BCUT2D eigenvalue weighted by atomic mass is 16.5. The van der Waals surface area contributed by atoms with Crippen LogP contribution >= 0.6 is 0 Å². The van der Waals surface area contributed by atoms with Gasteiger partial charge < -0.3 is 24.8 Å². The van der Waals surface area contributed by atoms with Crippen molar-refractivity contribution in [3.63, 3.8) is 0 Å². The quantitative estimate of drug-likeness (QED) is 0.783. The van der Waals surface area contributed by atoms with Crippen LogP contribution in [0.4, 0.5) is 4.79 Å². The predicted molar refractivity (Wildman–Crippen MR) is 70.6 cm³/mol. The molecular weight excluding hydrogens is 264 g/mol. The average molecular weight is 286 g/mol. The molecule has 2 unspecified atom stereocenters. The van der Waals surface area contributed by atoms with Gasteiger partial charge in [-0.2, -0.15) is 0 Å². The van der Waals surface area contributed by atoms with Crippen molar-refractivity contribution in [1.29, 1.82) is 0 Å². The molecular formula is C13H22N2O5. The molecule has 0 aromatic rings. The molecule has 0 saturated carbocycles. The van der Waals surface area contributed by atoms with Crippen LogP contribution in [0.2, 0.25) is 0 Å². The normalized spacial score (nSPS) is 27.1. The van der Waals surface area contributed by atoms with E-state index in [0.717, 1.165) is 25.9 Å². The van der Waals surface area contributed by atoms with E-state index in [2.05, 4.69) is 5.32 Å². The van der Waals surface area contributed by atoms with E-state index in [0.29, 0.717) is 26.2 Å². The molecule has 7 heteroatoms. The molecule has 2 rings (SSSR count). The Labute approximate surface area is 118 Å². The molecule has 2 saturated heterocycles. The van der Waals surface area contributed by atoms with Crippen molar-refractivity contribution >= 4 is 12.0 Å². The highest BCUT2D eigenvalue weighted by molar-refractivity contribution is 5.74. The summed E-state index contributed by atoms with van der Waals surface area (Å²) >= 11 is 0. The summed E-state index contributed by atoms with van der Waals surface area (Å²) in [6.45, 7) is 2.47. The maximum atomic E-state index is 12.0. The fourth-order valence-electron chi connectivity index (χ4n) is 2.50. The van der Waals surface area contributed by atoms with E-state index in [9.17, 15) is 9.59 Å². The standard InChI is InChI=1S/C13H22N2O5/c16-12(17)7-11-9-15(4-6-20-11)13(18)14-8-10-3-1-2-5-19-10/h10-11H,1-9H2,(H,14,18)(H,16,17). The van der Waals surface area contributed by atoms with Gasteiger partial charge in [0.2, 0.25) is 0 Å². The molecule has 20 heavy (non-hydrogen) atoms. The first kappa shape index (κ1) is 15.1. The van der Waals surface area contributed by atoms with E-state index in [1.54, 1.807) is 4.90 Å². The molecule has 0 aromatic heterocycles. The zero-order valence-corrected chi connectivity index (χ0v) is 11.5. The van der Waals surface area contributed by atoms with Crippen LogP contribution in [-0.4, -0.2) is 67.1 Å². The lowest BCUT2D eigenvalue weighted by atomic mass is 10.1. The van der Waals surface area contributed by atoms with Gasteiger partial charge in [0.25, 0.3) is 0 Å². The van der Waals surface area contributed by atoms with Gasteiger partial charge in [0.1, 0.15) is 0 Å². The van der Waals surface area contributed by atoms with Crippen molar-refractivity contribution < 1.29 is 24.2 Å². The Bertz CT molecular complexity index is 344. The van der Waals surface area contributed by atoms with Gasteiger partial charge in [-0.05, 0) is 19.3 Å². The number of nitrogens with one attached hydrogen (secondary N) is 1. The topological polar surface area (TPSA) is 88.1 Å². The molecule has 2 amide bonds. The van der Waals surface area contributed by atoms with E-state index < -0.39 is 12.1 Å². The number of carboxylic acids is 1. The van der Waals surface area contributed by atoms with Crippen molar-refractivity contribution in [3.05, 3.63) is 0 Å². The third-order valence-corrected chi connectivity index (χ3v) is 3.58. The molecule has 7 nitrogen and oxygen atoms in total. The fraction of sp³-hybridized carbons (Fsp3) is 0.846. The van der Waals surface area contributed by atoms with Crippen molar-refractivity contribution in [2.24, 2.45) is 0 Å². The second-order valence-electron chi connectivity index (χ2n) is 5.21. The van der Waals surface area contributed by atoms with Crippen LogP contribution in [0, 0.1) is 0 Å². The number of rotatable bonds is 4. The van der Waals surface area contributed by atoms with E-state index in [1.165, 1.54) is 0 Å². The SMILES string of the molecule is O=C(O)CC1CN(C(=O)NCC2CCCCO2)CCO1. The molecule has 0 spiro atoms. The third kappa shape index (κ3) is 4.64. The lowest BCUT2D eigenvalue weighted by Crippen LogP contribution is -2.51. The number of urea groups is 1. The number of amides is 2. The zero-order valence-electron chi connectivity index (χ0n) is 11.5. The Kier molecular flexibility index (Phi) is 5.60. The van der Waals surface area contributed by atoms with Crippen LogP contribution in [0.5, 0.6) is 0 Å². The summed E-state index contributed by atoms with van der Waals surface area (Å²) in [7, 11) is 0. The molecule has 114 valence electrons.